The molecular weight excluding hydrogens is 412 g/mol. The molecule has 0 atom stereocenters. The summed E-state index contributed by atoms with van der Waals surface area (Å²) in [6, 6.07) is 20.8. The lowest BCUT2D eigenvalue weighted by Crippen LogP contribution is -2.23. The summed E-state index contributed by atoms with van der Waals surface area (Å²) in [5, 5.41) is 2.83. The van der Waals surface area contributed by atoms with Crippen molar-refractivity contribution in [1.82, 2.24) is 5.32 Å². The van der Waals surface area contributed by atoms with Crippen molar-refractivity contribution in [3.63, 3.8) is 0 Å². The van der Waals surface area contributed by atoms with Crippen LogP contribution in [0.5, 0.6) is 5.75 Å². The van der Waals surface area contributed by atoms with Crippen LogP contribution >= 0.6 is 0 Å². The largest absolute Gasteiger partial charge is 0.491 e. The molecule has 0 unspecified atom stereocenters. The van der Waals surface area contributed by atoms with Crippen molar-refractivity contribution in [1.29, 1.82) is 0 Å². The molecule has 0 fully saturated rings. The highest BCUT2D eigenvalue weighted by Crippen LogP contribution is 2.21. The Labute approximate surface area is 183 Å². The Kier molecular flexibility index (Phi) is 6.97. The number of ether oxygens (including phenoxy) is 1. The van der Waals surface area contributed by atoms with Gasteiger partial charge >= 0.3 is 0 Å². The standard InChI is InChI=1S/C24H26N2O4S/c1-17(2)30-22-13-10-19(11-14-22)16-25-24(27)20-12-9-18(3)23(15-20)31(28,29)26-21-7-5-4-6-8-21/h4-15,17,26H,16H2,1-3H3,(H,25,27). The smallest absolute Gasteiger partial charge is 0.262 e. The lowest BCUT2D eigenvalue weighted by molar-refractivity contribution is 0.0950. The first-order valence-electron chi connectivity index (χ1n) is 9.97. The number of hydrogen-bond donors (Lipinski definition) is 2. The SMILES string of the molecule is Cc1ccc(C(=O)NCc2ccc(OC(C)C)cc2)cc1S(=O)(=O)Nc1ccccc1. The van der Waals surface area contributed by atoms with Gasteiger partial charge in [0.2, 0.25) is 0 Å². The van der Waals surface area contributed by atoms with Crippen LogP contribution in [0.4, 0.5) is 5.69 Å². The van der Waals surface area contributed by atoms with Crippen molar-refractivity contribution in [3.05, 3.63) is 89.5 Å². The van der Waals surface area contributed by atoms with Crippen LogP contribution < -0.4 is 14.8 Å². The molecule has 0 saturated heterocycles. The van der Waals surface area contributed by atoms with Gasteiger partial charge in [0.15, 0.2) is 0 Å². The molecule has 0 radical (unpaired) electrons. The average molecular weight is 439 g/mol. The fraction of sp³-hybridized carbons (Fsp3) is 0.208. The van der Waals surface area contributed by atoms with Gasteiger partial charge in [-0.05, 0) is 68.3 Å². The van der Waals surface area contributed by atoms with Gasteiger partial charge in [0.1, 0.15) is 5.75 Å². The minimum atomic E-state index is -3.83. The third-order valence-electron chi connectivity index (χ3n) is 4.51. The summed E-state index contributed by atoms with van der Waals surface area (Å²) in [6.07, 6.45) is 0.0916. The van der Waals surface area contributed by atoms with Gasteiger partial charge in [-0.3, -0.25) is 9.52 Å². The van der Waals surface area contributed by atoms with Crippen molar-refractivity contribution in [2.24, 2.45) is 0 Å². The maximum Gasteiger partial charge on any atom is 0.262 e. The molecule has 0 aliphatic carbocycles. The van der Waals surface area contributed by atoms with Crippen LogP contribution in [0.2, 0.25) is 0 Å². The molecule has 6 nitrogen and oxygen atoms in total. The fourth-order valence-corrected chi connectivity index (χ4v) is 4.32. The average Bonchev–Trinajstić information content (AvgIpc) is 2.73. The zero-order valence-electron chi connectivity index (χ0n) is 17.8. The van der Waals surface area contributed by atoms with E-state index in [4.69, 9.17) is 4.74 Å². The fourth-order valence-electron chi connectivity index (χ4n) is 2.99. The van der Waals surface area contributed by atoms with E-state index in [2.05, 4.69) is 10.0 Å². The predicted octanol–water partition coefficient (Wildman–Crippen LogP) is 4.51. The molecule has 0 aromatic heterocycles. The van der Waals surface area contributed by atoms with E-state index < -0.39 is 10.0 Å². The number of hydrogen-bond acceptors (Lipinski definition) is 4. The Balaban J connectivity index is 1.71. The van der Waals surface area contributed by atoms with Crippen LogP contribution in [0, 0.1) is 6.92 Å². The van der Waals surface area contributed by atoms with Crippen molar-refractivity contribution < 1.29 is 17.9 Å². The Bertz CT molecular complexity index is 1140. The third-order valence-corrected chi connectivity index (χ3v) is 6.04. The van der Waals surface area contributed by atoms with Crippen LogP contribution in [0.15, 0.2) is 77.7 Å². The quantitative estimate of drug-likeness (QED) is 0.542. The summed E-state index contributed by atoms with van der Waals surface area (Å²) in [7, 11) is -3.83. The van der Waals surface area contributed by atoms with E-state index in [-0.39, 0.29) is 22.5 Å². The van der Waals surface area contributed by atoms with E-state index in [0.717, 1.165) is 11.3 Å². The maximum atomic E-state index is 12.8. The van der Waals surface area contributed by atoms with Gasteiger partial charge in [0.25, 0.3) is 15.9 Å². The molecule has 3 aromatic carbocycles. The van der Waals surface area contributed by atoms with E-state index in [0.29, 0.717) is 17.8 Å². The third kappa shape index (κ3) is 6.08. The molecule has 7 heteroatoms. The molecule has 162 valence electrons. The molecule has 0 saturated carbocycles. The number of benzene rings is 3. The second-order valence-corrected chi connectivity index (χ2v) is 9.10. The Hall–Kier alpha value is -3.32. The number of carbonyl (C=O) groups is 1. The van der Waals surface area contributed by atoms with Gasteiger partial charge < -0.3 is 10.1 Å². The molecule has 1 amide bonds. The lowest BCUT2D eigenvalue weighted by Gasteiger charge is -2.13. The molecule has 3 aromatic rings. The van der Waals surface area contributed by atoms with E-state index in [1.165, 1.54) is 6.07 Å². The first-order chi connectivity index (χ1) is 14.7. The minimum absolute atomic E-state index is 0.0687. The number of nitrogens with one attached hydrogen (secondary N) is 2. The number of aryl methyl sites for hydroxylation is 1. The lowest BCUT2D eigenvalue weighted by atomic mass is 10.1. The second-order valence-electron chi connectivity index (χ2n) is 7.45. The Morgan fingerprint density at radius 2 is 1.65 bits per heavy atom. The maximum absolute atomic E-state index is 12.8. The van der Waals surface area contributed by atoms with Crippen LogP contribution in [-0.4, -0.2) is 20.4 Å². The van der Waals surface area contributed by atoms with Crippen molar-refractivity contribution in [2.75, 3.05) is 4.72 Å². The summed E-state index contributed by atoms with van der Waals surface area (Å²) >= 11 is 0. The van der Waals surface area contributed by atoms with E-state index in [1.807, 2.05) is 38.1 Å². The highest BCUT2D eigenvalue weighted by Gasteiger charge is 2.19. The topological polar surface area (TPSA) is 84.5 Å². The van der Waals surface area contributed by atoms with Gasteiger partial charge in [0.05, 0.1) is 11.0 Å². The first-order valence-corrected chi connectivity index (χ1v) is 11.5. The molecule has 0 aliphatic heterocycles. The molecular formula is C24H26N2O4S. The van der Waals surface area contributed by atoms with Crippen LogP contribution in [0.1, 0.15) is 35.3 Å². The van der Waals surface area contributed by atoms with Crippen LogP contribution in [0.25, 0.3) is 0 Å². The normalized spacial score (nSPS) is 11.2. The first kappa shape index (κ1) is 22.4. The van der Waals surface area contributed by atoms with E-state index in [1.54, 1.807) is 49.4 Å². The molecule has 0 aliphatic rings. The number of anilines is 1. The van der Waals surface area contributed by atoms with Gasteiger partial charge in [-0.2, -0.15) is 0 Å². The monoisotopic (exact) mass is 438 g/mol. The molecule has 0 heterocycles. The highest BCUT2D eigenvalue weighted by atomic mass is 32.2. The van der Waals surface area contributed by atoms with Gasteiger partial charge in [-0.15, -0.1) is 0 Å². The molecule has 0 spiro atoms. The van der Waals surface area contributed by atoms with E-state index in [9.17, 15) is 13.2 Å². The van der Waals surface area contributed by atoms with Gasteiger partial charge in [-0.1, -0.05) is 36.4 Å². The summed E-state index contributed by atoms with van der Waals surface area (Å²) < 4.78 is 33.8. The summed E-state index contributed by atoms with van der Waals surface area (Å²) in [6.45, 7) is 5.93. The summed E-state index contributed by atoms with van der Waals surface area (Å²) in [5.41, 5.74) is 2.20. The minimum Gasteiger partial charge on any atom is -0.491 e. The molecule has 2 N–H and O–H groups in total. The molecule has 31 heavy (non-hydrogen) atoms. The van der Waals surface area contributed by atoms with Crippen LogP contribution in [0.3, 0.4) is 0 Å². The summed E-state index contributed by atoms with van der Waals surface area (Å²) in [5.74, 6) is 0.419. The number of rotatable bonds is 8. The van der Waals surface area contributed by atoms with Crippen LogP contribution in [-0.2, 0) is 16.6 Å². The summed E-state index contributed by atoms with van der Waals surface area (Å²) in [4.78, 5) is 12.7. The van der Waals surface area contributed by atoms with Crippen molar-refractivity contribution in [2.45, 2.75) is 38.3 Å². The number of carbonyl (C=O) groups excluding carboxylic acids is 1. The predicted molar refractivity (Wildman–Crippen MR) is 122 cm³/mol. The molecule has 3 rings (SSSR count). The van der Waals surface area contributed by atoms with Crippen molar-refractivity contribution in [3.8, 4) is 5.75 Å². The zero-order valence-corrected chi connectivity index (χ0v) is 18.6. The second kappa shape index (κ2) is 9.66. The van der Waals surface area contributed by atoms with Gasteiger partial charge in [-0.25, -0.2) is 8.42 Å². The highest BCUT2D eigenvalue weighted by molar-refractivity contribution is 7.92. The molecule has 0 bridgehead atoms. The van der Waals surface area contributed by atoms with Gasteiger partial charge in [0, 0.05) is 17.8 Å². The Morgan fingerprint density at radius 1 is 0.968 bits per heavy atom. The Morgan fingerprint density at radius 3 is 2.29 bits per heavy atom. The van der Waals surface area contributed by atoms with E-state index >= 15 is 0 Å². The zero-order chi connectivity index (χ0) is 22.4. The number of para-hydroxylation sites is 1. The number of amides is 1. The van der Waals surface area contributed by atoms with Crippen molar-refractivity contribution >= 4 is 21.6 Å². The number of sulfonamides is 1.